The first kappa shape index (κ1) is 21.0. The van der Waals surface area contributed by atoms with E-state index in [2.05, 4.69) is 28.4 Å². The van der Waals surface area contributed by atoms with Crippen LogP contribution in [0.1, 0.15) is 11.1 Å². The number of rotatable bonds is 8. The SMILES string of the molecule is COc1ccc(CCN2CCN(C(=O)NCCc3cccc(OC)c3)CC2)cc1. The molecule has 29 heavy (non-hydrogen) atoms. The highest BCUT2D eigenvalue weighted by Crippen LogP contribution is 2.13. The van der Waals surface area contributed by atoms with Gasteiger partial charge in [-0.25, -0.2) is 4.79 Å². The number of nitrogens with one attached hydrogen (secondary N) is 1. The maximum Gasteiger partial charge on any atom is 0.317 e. The van der Waals surface area contributed by atoms with Gasteiger partial charge in [0.2, 0.25) is 0 Å². The van der Waals surface area contributed by atoms with Crippen LogP contribution in [-0.2, 0) is 12.8 Å². The Morgan fingerprint density at radius 2 is 1.62 bits per heavy atom. The summed E-state index contributed by atoms with van der Waals surface area (Å²) in [5.74, 6) is 1.74. The standard InChI is InChI=1S/C23H31N3O3/c1-28-21-8-6-19(7-9-21)11-13-25-14-16-26(17-15-25)23(27)24-12-10-20-4-3-5-22(18-20)29-2/h3-9,18H,10-17H2,1-2H3,(H,24,27). The number of hydrogen-bond donors (Lipinski definition) is 1. The van der Waals surface area contributed by atoms with Crippen molar-refractivity contribution in [3.8, 4) is 11.5 Å². The third kappa shape index (κ3) is 6.39. The highest BCUT2D eigenvalue weighted by Gasteiger charge is 2.20. The van der Waals surface area contributed by atoms with E-state index in [0.717, 1.165) is 62.6 Å². The first-order valence-electron chi connectivity index (χ1n) is 10.2. The quantitative estimate of drug-likeness (QED) is 0.744. The van der Waals surface area contributed by atoms with Crippen LogP contribution in [0.4, 0.5) is 4.79 Å². The summed E-state index contributed by atoms with van der Waals surface area (Å²) in [4.78, 5) is 16.8. The van der Waals surface area contributed by atoms with Crippen LogP contribution in [0.5, 0.6) is 11.5 Å². The minimum Gasteiger partial charge on any atom is -0.497 e. The fraction of sp³-hybridized carbons (Fsp3) is 0.435. The van der Waals surface area contributed by atoms with Crippen LogP contribution >= 0.6 is 0 Å². The van der Waals surface area contributed by atoms with E-state index in [1.165, 1.54) is 5.56 Å². The summed E-state index contributed by atoms with van der Waals surface area (Å²) < 4.78 is 10.4. The van der Waals surface area contributed by atoms with E-state index in [4.69, 9.17) is 9.47 Å². The smallest absolute Gasteiger partial charge is 0.317 e. The van der Waals surface area contributed by atoms with Gasteiger partial charge in [0, 0.05) is 39.3 Å². The summed E-state index contributed by atoms with van der Waals surface area (Å²) in [6, 6.07) is 16.2. The van der Waals surface area contributed by atoms with Gasteiger partial charge in [0.25, 0.3) is 0 Å². The molecule has 1 fully saturated rings. The molecule has 6 nitrogen and oxygen atoms in total. The Kier molecular flexibility index (Phi) is 7.76. The average molecular weight is 398 g/mol. The van der Waals surface area contributed by atoms with E-state index in [1.807, 2.05) is 35.2 Å². The molecule has 6 heteroatoms. The average Bonchev–Trinajstić information content (AvgIpc) is 2.78. The first-order chi connectivity index (χ1) is 14.2. The summed E-state index contributed by atoms with van der Waals surface area (Å²) >= 11 is 0. The van der Waals surface area contributed by atoms with Crippen LogP contribution in [0.15, 0.2) is 48.5 Å². The number of piperazine rings is 1. The fourth-order valence-electron chi connectivity index (χ4n) is 3.51. The molecule has 0 saturated carbocycles. The third-order valence-corrected chi connectivity index (χ3v) is 5.36. The van der Waals surface area contributed by atoms with Gasteiger partial charge in [0.1, 0.15) is 11.5 Å². The molecule has 0 aliphatic carbocycles. The van der Waals surface area contributed by atoms with Gasteiger partial charge in [-0.2, -0.15) is 0 Å². The molecule has 1 aliphatic heterocycles. The van der Waals surface area contributed by atoms with Crippen molar-refractivity contribution in [3.05, 3.63) is 59.7 Å². The molecule has 1 N–H and O–H groups in total. The molecule has 0 radical (unpaired) electrons. The maximum absolute atomic E-state index is 12.4. The molecule has 0 spiro atoms. The molecule has 0 atom stereocenters. The Balaban J connectivity index is 1.34. The second-order valence-corrected chi connectivity index (χ2v) is 7.26. The van der Waals surface area contributed by atoms with Crippen molar-refractivity contribution >= 4 is 6.03 Å². The molecule has 0 aromatic heterocycles. The molecule has 1 aliphatic rings. The van der Waals surface area contributed by atoms with Crippen molar-refractivity contribution in [3.63, 3.8) is 0 Å². The predicted octanol–water partition coefficient (Wildman–Crippen LogP) is 2.82. The Labute approximate surface area is 173 Å². The number of nitrogens with zero attached hydrogens (tertiary/aromatic N) is 2. The third-order valence-electron chi connectivity index (χ3n) is 5.36. The number of urea groups is 1. The molecule has 1 saturated heterocycles. The number of benzene rings is 2. The monoisotopic (exact) mass is 397 g/mol. The predicted molar refractivity (Wildman–Crippen MR) is 115 cm³/mol. The van der Waals surface area contributed by atoms with Gasteiger partial charge >= 0.3 is 6.03 Å². The molecule has 0 bridgehead atoms. The lowest BCUT2D eigenvalue weighted by atomic mass is 10.1. The topological polar surface area (TPSA) is 54.0 Å². The minimum absolute atomic E-state index is 0.0303. The van der Waals surface area contributed by atoms with Gasteiger partial charge in [0.05, 0.1) is 14.2 Å². The van der Waals surface area contributed by atoms with Gasteiger partial charge in [-0.15, -0.1) is 0 Å². The van der Waals surface area contributed by atoms with Crippen molar-refractivity contribution < 1.29 is 14.3 Å². The highest BCUT2D eigenvalue weighted by atomic mass is 16.5. The zero-order chi connectivity index (χ0) is 20.5. The molecule has 1 heterocycles. The Hall–Kier alpha value is -2.73. The Morgan fingerprint density at radius 3 is 2.31 bits per heavy atom. The minimum atomic E-state index is 0.0303. The normalized spacial score (nSPS) is 14.5. The summed E-state index contributed by atoms with van der Waals surface area (Å²) in [5.41, 5.74) is 2.47. The summed E-state index contributed by atoms with van der Waals surface area (Å²) in [6.07, 6.45) is 1.81. The van der Waals surface area contributed by atoms with Crippen LogP contribution in [0.3, 0.4) is 0 Å². The number of ether oxygens (including phenoxy) is 2. The van der Waals surface area contributed by atoms with Gasteiger partial charge in [-0.1, -0.05) is 24.3 Å². The number of carbonyl (C=O) groups is 1. The lowest BCUT2D eigenvalue weighted by Gasteiger charge is -2.34. The Morgan fingerprint density at radius 1 is 0.897 bits per heavy atom. The molecule has 2 aromatic rings. The van der Waals surface area contributed by atoms with Crippen molar-refractivity contribution in [1.82, 2.24) is 15.1 Å². The zero-order valence-corrected chi connectivity index (χ0v) is 17.4. The molecule has 0 unspecified atom stereocenters. The lowest BCUT2D eigenvalue weighted by molar-refractivity contribution is 0.140. The second kappa shape index (κ2) is 10.7. The number of hydrogen-bond acceptors (Lipinski definition) is 4. The van der Waals surface area contributed by atoms with Gasteiger partial charge < -0.3 is 19.7 Å². The van der Waals surface area contributed by atoms with Crippen LogP contribution < -0.4 is 14.8 Å². The van der Waals surface area contributed by atoms with E-state index < -0.39 is 0 Å². The van der Waals surface area contributed by atoms with Crippen LogP contribution in [0.25, 0.3) is 0 Å². The van der Waals surface area contributed by atoms with E-state index in [0.29, 0.717) is 6.54 Å². The van der Waals surface area contributed by atoms with E-state index in [9.17, 15) is 4.79 Å². The van der Waals surface area contributed by atoms with Gasteiger partial charge in [-0.05, 0) is 48.2 Å². The van der Waals surface area contributed by atoms with E-state index in [-0.39, 0.29) is 6.03 Å². The van der Waals surface area contributed by atoms with Crippen LogP contribution in [0.2, 0.25) is 0 Å². The van der Waals surface area contributed by atoms with Crippen LogP contribution in [-0.4, -0.2) is 69.3 Å². The number of carbonyl (C=O) groups excluding carboxylic acids is 1. The number of amides is 2. The van der Waals surface area contributed by atoms with Crippen molar-refractivity contribution in [1.29, 1.82) is 0 Å². The van der Waals surface area contributed by atoms with Crippen molar-refractivity contribution in [2.45, 2.75) is 12.8 Å². The molecule has 2 aromatic carbocycles. The van der Waals surface area contributed by atoms with Crippen LogP contribution in [0, 0.1) is 0 Å². The first-order valence-corrected chi connectivity index (χ1v) is 10.2. The van der Waals surface area contributed by atoms with Crippen molar-refractivity contribution in [2.24, 2.45) is 0 Å². The second-order valence-electron chi connectivity index (χ2n) is 7.26. The zero-order valence-electron chi connectivity index (χ0n) is 17.4. The van der Waals surface area contributed by atoms with E-state index in [1.54, 1.807) is 14.2 Å². The summed E-state index contributed by atoms with van der Waals surface area (Å²) in [5, 5.41) is 3.04. The molecular formula is C23H31N3O3. The molecule has 3 rings (SSSR count). The fourth-order valence-corrected chi connectivity index (χ4v) is 3.51. The Bertz CT molecular complexity index is 771. The summed E-state index contributed by atoms with van der Waals surface area (Å²) in [7, 11) is 3.35. The number of methoxy groups -OCH3 is 2. The van der Waals surface area contributed by atoms with Gasteiger partial charge in [0.15, 0.2) is 0 Å². The molecule has 156 valence electrons. The van der Waals surface area contributed by atoms with Crippen molar-refractivity contribution in [2.75, 3.05) is 53.5 Å². The summed E-state index contributed by atoms with van der Waals surface area (Å²) in [6.45, 7) is 5.02. The molecule has 2 amide bonds. The molecular weight excluding hydrogens is 366 g/mol. The van der Waals surface area contributed by atoms with E-state index >= 15 is 0 Å². The largest absolute Gasteiger partial charge is 0.497 e. The highest BCUT2D eigenvalue weighted by molar-refractivity contribution is 5.74. The lowest BCUT2D eigenvalue weighted by Crippen LogP contribution is -2.52. The maximum atomic E-state index is 12.4. The van der Waals surface area contributed by atoms with Gasteiger partial charge in [-0.3, -0.25) is 4.90 Å².